The second kappa shape index (κ2) is 14.0. The van der Waals surface area contributed by atoms with E-state index in [-0.39, 0.29) is 12.5 Å². The van der Waals surface area contributed by atoms with Crippen LogP contribution < -0.4 is 11.1 Å². The summed E-state index contributed by atoms with van der Waals surface area (Å²) in [5.41, 5.74) is 8.36. The van der Waals surface area contributed by atoms with E-state index in [4.69, 9.17) is 10.5 Å². The van der Waals surface area contributed by atoms with E-state index in [1.165, 1.54) is 5.56 Å². The number of hydrogen-bond acceptors (Lipinski definition) is 5. The number of amides is 1. The maximum absolute atomic E-state index is 12.6. The molecule has 3 atom stereocenters. The van der Waals surface area contributed by atoms with Gasteiger partial charge in [-0.25, -0.2) is 0 Å². The van der Waals surface area contributed by atoms with E-state index in [0.29, 0.717) is 18.3 Å². The third-order valence-corrected chi connectivity index (χ3v) is 7.18. The van der Waals surface area contributed by atoms with Gasteiger partial charge in [0.25, 0.3) is 0 Å². The lowest BCUT2D eigenvalue weighted by Gasteiger charge is -2.29. The third-order valence-electron chi connectivity index (χ3n) is 7.18. The predicted molar refractivity (Wildman–Crippen MR) is 143 cm³/mol. The number of aliphatic hydroxyl groups excluding tert-OH is 1. The van der Waals surface area contributed by atoms with Crippen LogP contribution >= 0.6 is 0 Å². The normalized spacial score (nSPS) is 14.9. The maximum atomic E-state index is 12.6. The third kappa shape index (κ3) is 8.89. The first-order valence-corrected chi connectivity index (χ1v) is 13.2. The van der Waals surface area contributed by atoms with Crippen molar-refractivity contribution in [1.29, 1.82) is 0 Å². The van der Waals surface area contributed by atoms with Crippen molar-refractivity contribution < 1.29 is 14.6 Å². The zero-order chi connectivity index (χ0) is 26.0. The quantitative estimate of drug-likeness (QED) is 0.306. The van der Waals surface area contributed by atoms with Gasteiger partial charge < -0.3 is 20.9 Å². The first-order valence-electron chi connectivity index (χ1n) is 13.2. The number of methoxy groups -OCH3 is 1. The standard InChI is InChI=1S/C28H48N4O3/c1-7-8-12-28(4,5)27(34)30-19-26(33)24(29)17-22(20(2)3)15-21-10-11-25-23(16-21)18-31-32(25)13-9-14-35-6/h10-11,16,18,20,22,24,26,33H,7-9,12-15,17,19,29H2,1-6H3,(H,30,34)/t22-,24-,26-/m0/s1. The van der Waals surface area contributed by atoms with Gasteiger partial charge in [0, 0.05) is 43.6 Å². The van der Waals surface area contributed by atoms with Gasteiger partial charge in [-0.1, -0.05) is 53.5 Å². The Morgan fingerprint density at radius 3 is 2.69 bits per heavy atom. The van der Waals surface area contributed by atoms with E-state index in [1.807, 2.05) is 24.7 Å². The van der Waals surface area contributed by atoms with Gasteiger partial charge in [0.05, 0.1) is 17.8 Å². The first kappa shape index (κ1) is 29.3. The number of nitrogens with zero attached hydrogens (tertiary/aromatic N) is 2. The molecule has 0 spiro atoms. The minimum Gasteiger partial charge on any atom is -0.390 e. The van der Waals surface area contributed by atoms with E-state index in [9.17, 15) is 9.90 Å². The van der Waals surface area contributed by atoms with Gasteiger partial charge in [-0.2, -0.15) is 5.10 Å². The summed E-state index contributed by atoms with van der Waals surface area (Å²) in [6.07, 6.45) is 6.58. The maximum Gasteiger partial charge on any atom is 0.225 e. The van der Waals surface area contributed by atoms with Crippen LogP contribution in [0.3, 0.4) is 0 Å². The molecular formula is C28H48N4O3. The van der Waals surface area contributed by atoms with Crippen molar-refractivity contribution in [2.45, 2.75) is 91.8 Å². The first-order chi connectivity index (χ1) is 16.6. The Bertz CT molecular complexity index is 909. The molecule has 1 heterocycles. The molecule has 2 rings (SSSR count). The molecule has 198 valence electrons. The van der Waals surface area contributed by atoms with Crippen LogP contribution in [0.25, 0.3) is 10.9 Å². The highest BCUT2D eigenvalue weighted by Gasteiger charge is 2.28. The van der Waals surface area contributed by atoms with E-state index in [2.05, 4.69) is 49.4 Å². The van der Waals surface area contributed by atoms with Crippen LogP contribution in [0, 0.1) is 17.3 Å². The molecule has 0 aliphatic rings. The highest BCUT2D eigenvalue weighted by Crippen LogP contribution is 2.26. The fourth-order valence-electron chi connectivity index (χ4n) is 4.52. The molecule has 4 N–H and O–H groups in total. The number of aryl methyl sites for hydroxylation is 1. The number of nitrogens with one attached hydrogen (secondary N) is 1. The number of aromatic nitrogens is 2. The molecule has 0 saturated heterocycles. The zero-order valence-corrected chi connectivity index (χ0v) is 22.7. The van der Waals surface area contributed by atoms with Crippen molar-refractivity contribution in [2.24, 2.45) is 23.0 Å². The van der Waals surface area contributed by atoms with Gasteiger partial charge in [0.1, 0.15) is 0 Å². The summed E-state index contributed by atoms with van der Waals surface area (Å²) < 4.78 is 7.18. The summed E-state index contributed by atoms with van der Waals surface area (Å²) in [6.45, 7) is 12.2. The van der Waals surface area contributed by atoms with Crippen molar-refractivity contribution in [3.05, 3.63) is 30.0 Å². The molecule has 2 aromatic rings. The van der Waals surface area contributed by atoms with Crippen molar-refractivity contribution in [3.63, 3.8) is 0 Å². The van der Waals surface area contributed by atoms with Crippen molar-refractivity contribution in [2.75, 3.05) is 20.3 Å². The van der Waals surface area contributed by atoms with Gasteiger partial charge in [-0.3, -0.25) is 9.48 Å². The smallest absolute Gasteiger partial charge is 0.225 e. The molecule has 35 heavy (non-hydrogen) atoms. The largest absolute Gasteiger partial charge is 0.390 e. The lowest BCUT2D eigenvalue weighted by Crippen LogP contribution is -2.47. The summed E-state index contributed by atoms with van der Waals surface area (Å²) in [4.78, 5) is 12.6. The molecule has 7 heteroatoms. The number of carbonyl (C=O) groups is 1. The Morgan fingerprint density at radius 2 is 2.03 bits per heavy atom. The monoisotopic (exact) mass is 488 g/mol. The molecule has 0 aliphatic carbocycles. The Kier molecular flexibility index (Phi) is 11.7. The average Bonchev–Trinajstić information content (AvgIpc) is 3.22. The lowest BCUT2D eigenvalue weighted by molar-refractivity contribution is -0.130. The highest BCUT2D eigenvalue weighted by molar-refractivity contribution is 5.81. The fourth-order valence-corrected chi connectivity index (χ4v) is 4.52. The number of nitrogens with two attached hydrogens (primary N) is 1. The molecule has 1 aromatic carbocycles. The zero-order valence-electron chi connectivity index (χ0n) is 22.7. The molecule has 0 aliphatic heterocycles. The van der Waals surface area contributed by atoms with E-state index in [0.717, 1.165) is 56.2 Å². The van der Waals surface area contributed by atoms with E-state index < -0.39 is 17.6 Å². The molecule has 1 amide bonds. The van der Waals surface area contributed by atoms with Gasteiger partial charge in [-0.15, -0.1) is 0 Å². The van der Waals surface area contributed by atoms with Crippen molar-refractivity contribution in [1.82, 2.24) is 15.1 Å². The molecule has 0 radical (unpaired) electrons. The minimum absolute atomic E-state index is 0.0197. The summed E-state index contributed by atoms with van der Waals surface area (Å²) in [6, 6.07) is 6.14. The van der Waals surface area contributed by atoms with Gasteiger partial charge >= 0.3 is 0 Å². The number of aliphatic hydroxyl groups is 1. The number of carbonyl (C=O) groups excluding carboxylic acids is 1. The second-order valence-electron chi connectivity index (χ2n) is 11.0. The molecule has 1 aromatic heterocycles. The van der Waals surface area contributed by atoms with Crippen LogP contribution in [-0.2, 0) is 22.5 Å². The highest BCUT2D eigenvalue weighted by atomic mass is 16.5. The van der Waals surface area contributed by atoms with Gasteiger partial charge in [0.15, 0.2) is 0 Å². The van der Waals surface area contributed by atoms with E-state index in [1.54, 1.807) is 7.11 Å². The number of ether oxygens (including phenoxy) is 1. The molecule has 0 saturated carbocycles. The average molecular weight is 489 g/mol. The topological polar surface area (TPSA) is 102 Å². The van der Waals surface area contributed by atoms with Crippen LogP contribution in [0.2, 0.25) is 0 Å². The van der Waals surface area contributed by atoms with Crippen LogP contribution in [0.4, 0.5) is 0 Å². The number of benzene rings is 1. The van der Waals surface area contributed by atoms with Crippen LogP contribution in [0.1, 0.15) is 72.3 Å². The van der Waals surface area contributed by atoms with Crippen molar-refractivity contribution >= 4 is 16.8 Å². The Morgan fingerprint density at radius 1 is 1.29 bits per heavy atom. The molecule has 0 fully saturated rings. The van der Waals surface area contributed by atoms with E-state index >= 15 is 0 Å². The van der Waals surface area contributed by atoms with Gasteiger partial charge in [-0.05, 0) is 55.2 Å². The van der Waals surface area contributed by atoms with Crippen LogP contribution in [0.5, 0.6) is 0 Å². The van der Waals surface area contributed by atoms with Crippen LogP contribution in [0.15, 0.2) is 24.4 Å². The minimum atomic E-state index is -0.769. The number of hydrogen-bond donors (Lipinski definition) is 3. The molecule has 0 bridgehead atoms. The van der Waals surface area contributed by atoms with Crippen LogP contribution in [-0.4, -0.2) is 53.2 Å². The number of rotatable bonds is 16. The Balaban J connectivity index is 1.95. The predicted octanol–water partition coefficient (Wildman–Crippen LogP) is 4.30. The Labute approximate surface area is 211 Å². The summed E-state index contributed by atoms with van der Waals surface area (Å²) in [7, 11) is 1.72. The molecule has 7 nitrogen and oxygen atoms in total. The lowest BCUT2D eigenvalue weighted by atomic mass is 9.83. The van der Waals surface area contributed by atoms with Crippen molar-refractivity contribution in [3.8, 4) is 0 Å². The summed E-state index contributed by atoms with van der Waals surface area (Å²) in [5, 5.41) is 19.3. The fraction of sp³-hybridized carbons (Fsp3) is 0.714. The van der Waals surface area contributed by atoms with Gasteiger partial charge in [0.2, 0.25) is 5.91 Å². The summed E-state index contributed by atoms with van der Waals surface area (Å²) >= 11 is 0. The molecule has 0 unspecified atom stereocenters. The summed E-state index contributed by atoms with van der Waals surface area (Å²) in [5.74, 6) is 0.725. The number of fused-ring (bicyclic) bond motifs is 1. The Hall–Kier alpha value is -1.96. The number of unbranched alkanes of at least 4 members (excludes halogenated alkanes) is 1. The SMILES string of the molecule is CCCCC(C)(C)C(=O)NC[C@H](O)[C@@H](N)C[C@H](Cc1ccc2c(cnn2CCCOC)c1)C(C)C. The molecular weight excluding hydrogens is 440 g/mol. The second-order valence-corrected chi connectivity index (χ2v) is 11.0.